The number of fused-ring (bicyclic) bond motifs is 3. The molecule has 1 N–H and O–H groups in total. The lowest BCUT2D eigenvalue weighted by atomic mass is 10.1. The predicted molar refractivity (Wildman–Crippen MR) is 113 cm³/mol. The zero-order chi connectivity index (χ0) is 21.5. The highest BCUT2D eigenvalue weighted by atomic mass is 32.2. The van der Waals surface area contributed by atoms with Gasteiger partial charge < -0.3 is 9.64 Å². The van der Waals surface area contributed by atoms with Gasteiger partial charge in [-0.25, -0.2) is 13.2 Å². The van der Waals surface area contributed by atoms with Gasteiger partial charge in [-0.3, -0.25) is 9.40 Å². The van der Waals surface area contributed by atoms with Crippen molar-refractivity contribution in [2.75, 3.05) is 24.9 Å². The van der Waals surface area contributed by atoms with E-state index in [9.17, 15) is 13.2 Å². The molecule has 0 bridgehead atoms. The molecular weight excluding hydrogens is 404 g/mol. The number of aromatic nitrogens is 2. The van der Waals surface area contributed by atoms with Crippen molar-refractivity contribution in [3.05, 3.63) is 59.7 Å². The molecule has 0 atom stereocenters. The summed E-state index contributed by atoms with van der Waals surface area (Å²) >= 11 is 0. The van der Waals surface area contributed by atoms with Gasteiger partial charge in [-0.1, -0.05) is 35.9 Å². The van der Waals surface area contributed by atoms with Crippen LogP contribution < -0.4 is 9.04 Å². The van der Waals surface area contributed by atoms with Gasteiger partial charge in [0, 0.05) is 31.8 Å². The Bertz CT molecular complexity index is 1200. The third-order valence-electron chi connectivity index (χ3n) is 4.99. The molecule has 0 saturated heterocycles. The number of hydrogen-bond donors (Lipinski definition) is 1. The van der Waals surface area contributed by atoms with Crippen molar-refractivity contribution in [1.29, 1.82) is 0 Å². The number of amides is 1. The molecule has 0 spiro atoms. The van der Waals surface area contributed by atoms with Crippen molar-refractivity contribution >= 4 is 21.8 Å². The van der Waals surface area contributed by atoms with Gasteiger partial charge >= 0.3 is 6.09 Å². The molecule has 0 aliphatic carbocycles. The van der Waals surface area contributed by atoms with Gasteiger partial charge in [0.2, 0.25) is 5.88 Å². The molecule has 3 aromatic rings. The lowest BCUT2D eigenvalue weighted by Crippen LogP contribution is -2.32. The summed E-state index contributed by atoms with van der Waals surface area (Å²) in [6.45, 7) is 2.10. The average Bonchev–Trinajstić information content (AvgIpc) is 3.02. The number of nitrogens with zero attached hydrogens (tertiary/aromatic N) is 3. The summed E-state index contributed by atoms with van der Waals surface area (Å²) in [7, 11) is -0.613. The number of carbonyl (C=O) groups is 1. The van der Waals surface area contributed by atoms with Crippen molar-refractivity contribution in [3.63, 3.8) is 0 Å². The monoisotopic (exact) mass is 426 g/mol. The number of sulfonamides is 1. The van der Waals surface area contributed by atoms with Gasteiger partial charge in [-0.15, -0.1) is 5.10 Å². The molecule has 30 heavy (non-hydrogen) atoms. The second-order valence-corrected chi connectivity index (χ2v) is 9.16. The van der Waals surface area contributed by atoms with Gasteiger partial charge in [0.05, 0.1) is 16.3 Å². The Labute approximate surface area is 175 Å². The zero-order valence-corrected chi connectivity index (χ0v) is 17.7. The summed E-state index contributed by atoms with van der Waals surface area (Å²) in [4.78, 5) is 13.5. The summed E-state index contributed by atoms with van der Waals surface area (Å²) in [6, 6.07) is 14.0. The lowest BCUT2D eigenvalue weighted by Gasteiger charge is -2.24. The van der Waals surface area contributed by atoms with E-state index in [2.05, 4.69) is 10.2 Å². The third kappa shape index (κ3) is 3.41. The van der Waals surface area contributed by atoms with Crippen LogP contribution in [0.3, 0.4) is 0 Å². The highest BCUT2D eigenvalue weighted by molar-refractivity contribution is 7.92. The van der Waals surface area contributed by atoms with Crippen LogP contribution in [0.4, 0.5) is 10.5 Å². The maximum absolute atomic E-state index is 13.4. The average molecular weight is 426 g/mol. The Kier molecular flexibility index (Phi) is 4.98. The molecule has 1 aromatic heterocycles. The molecule has 0 radical (unpaired) electrons. The molecular formula is C21H22N4O4S. The molecule has 8 nitrogen and oxygen atoms in total. The highest BCUT2D eigenvalue weighted by Gasteiger charge is 2.32. The predicted octanol–water partition coefficient (Wildman–Crippen LogP) is 3.20. The van der Waals surface area contributed by atoms with Gasteiger partial charge in [0.1, 0.15) is 0 Å². The van der Waals surface area contributed by atoms with Crippen LogP contribution in [0.1, 0.15) is 11.1 Å². The van der Waals surface area contributed by atoms with Crippen molar-refractivity contribution in [1.82, 2.24) is 15.1 Å². The normalized spacial score (nSPS) is 13.2. The van der Waals surface area contributed by atoms with Gasteiger partial charge in [-0.2, -0.15) is 0 Å². The topological polar surface area (TPSA) is 95.6 Å². The number of rotatable bonds is 3. The summed E-state index contributed by atoms with van der Waals surface area (Å²) in [5.41, 5.74) is 3.53. The number of H-pyrrole nitrogens is 1. The van der Waals surface area contributed by atoms with Crippen LogP contribution in [0.25, 0.3) is 11.3 Å². The van der Waals surface area contributed by atoms with E-state index in [1.807, 2.05) is 19.1 Å². The minimum atomic E-state index is -3.78. The van der Waals surface area contributed by atoms with Gasteiger partial charge in [0.15, 0.2) is 0 Å². The van der Waals surface area contributed by atoms with Crippen LogP contribution in [-0.2, 0) is 16.4 Å². The molecule has 2 aromatic carbocycles. The number of aromatic amines is 1. The van der Waals surface area contributed by atoms with Crippen molar-refractivity contribution in [3.8, 4) is 17.1 Å². The standard InChI is InChI=1S/C21H22N4O4S/c1-14-8-10-15(11-9-14)30(27,28)25-13-12-17-19(16-6-4-5-7-18(16)25)22-23-20(17)29-21(26)24(2)3/h4-11H,12-13H2,1-3H3,(H,22,23). The first-order valence-electron chi connectivity index (χ1n) is 9.44. The molecule has 0 saturated carbocycles. The molecule has 9 heteroatoms. The zero-order valence-electron chi connectivity index (χ0n) is 16.9. The van der Waals surface area contributed by atoms with E-state index in [4.69, 9.17) is 4.74 Å². The number of hydrogen-bond acceptors (Lipinski definition) is 5. The van der Waals surface area contributed by atoms with E-state index in [0.29, 0.717) is 28.9 Å². The Morgan fingerprint density at radius 2 is 1.83 bits per heavy atom. The number of carbonyl (C=O) groups excluding carboxylic acids is 1. The lowest BCUT2D eigenvalue weighted by molar-refractivity contribution is 0.169. The van der Waals surface area contributed by atoms with Crippen molar-refractivity contribution in [2.45, 2.75) is 18.2 Å². The van der Waals surface area contributed by atoms with Crippen LogP contribution in [0.2, 0.25) is 0 Å². The molecule has 1 aliphatic rings. The first-order valence-corrected chi connectivity index (χ1v) is 10.9. The SMILES string of the molecule is Cc1ccc(S(=O)(=O)N2CCc3c(OC(=O)N(C)C)n[nH]c3-c3ccccc32)cc1. The molecule has 1 aliphatic heterocycles. The summed E-state index contributed by atoms with van der Waals surface area (Å²) in [5.74, 6) is 0.160. The minimum absolute atomic E-state index is 0.160. The van der Waals surface area contributed by atoms with Crippen LogP contribution in [-0.4, -0.2) is 50.2 Å². The first-order chi connectivity index (χ1) is 14.3. The summed E-state index contributed by atoms with van der Waals surface area (Å²) in [5, 5.41) is 7.07. The van der Waals surface area contributed by atoms with Crippen LogP contribution in [0.5, 0.6) is 5.88 Å². The number of anilines is 1. The van der Waals surface area contributed by atoms with Crippen molar-refractivity contribution in [2.24, 2.45) is 0 Å². The fourth-order valence-electron chi connectivity index (χ4n) is 3.39. The summed E-state index contributed by atoms with van der Waals surface area (Å²) in [6.07, 6.45) is -0.215. The number of nitrogens with one attached hydrogen (secondary N) is 1. The molecule has 156 valence electrons. The second kappa shape index (κ2) is 7.49. The van der Waals surface area contributed by atoms with Crippen molar-refractivity contribution < 1.29 is 17.9 Å². The number of aryl methyl sites for hydroxylation is 1. The quantitative estimate of drug-likeness (QED) is 0.694. The van der Waals surface area contributed by atoms with E-state index in [-0.39, 0.29) is 17.3 Å². The molecule has 4 rings (SSSR count). The molecule has 2 heterocycles. The Morgan fingerprint density at radius 1 is 1.13 bits per heavy atom. The third-order valence-corrected chi connectivity index (χ3v) is 6.82. The highest BCUT2D eigenvalue weighted by Crippen LogP contribution is 2.40. The maximum atomic E-state index is 13.4. The Hall–Kier alpha value is -3.33. The fourth-order valence-corrected chi connectivity index (χ4v) is 4.87. The van der Waals surface area contributed by atoms with E-state index in [1.165, 1.54) is 9.21 Å². The van der Waals surface area contributed by atoms with E-state index >= 15 is 0 Å². The van der Waals surface area contributed by atoms with E-state index in [0.717, 1.165) is 5.56 Å². The minimum Gasteiger partial charge on any atom is -0.389 e. The molecule has 1 amide bonds. The number of benzene rings is 2. The molecule has 0 unspecified atom stereocenters. The fraction of sp³-hybridized carbons (Fsp3) is 0.238. The van der Waals surface area contributed by atoms with Gasteiger partial charge in [-0.05, 0) is 31.5 Å². The molecule has 0 fully saturated rings. The number of para-hydroxylation sites is 1. The van der Waals surface area contributed by atoms with E-state index < -0.39 is 16.1 Å². The maximum Gasteiger partial charge on any atom is 0.416 e. The Morgan fingerprint density at radius 3 is 2.53 bits per heavy atom. The van der Waals surface area contributed by atoms with Gasteiger partial charge in [0.25, 0.3) is 10.0 Å². The van der Waals surface area contributed by atoms with E-state index in [1.54, 1.807) is 50.5 Å². The first kappa shape index (κ1) is 20.0. The largest absolute Gasteiger partial charge is 0.416 e. The summed E-state index contributed by atoms with van der Waals surface area (Å²) < 4.78 is 33.7. The second-order valence-electron chi connectivity index (χ2n) is 7.30. The smallest absolute Gasteiger partial charge is 0.389 e. The van der Waals surface area contributed by atoms with Crippen LogP contribution in [0, 0.1) is 6.92 Å². The van der Waals surface area contributed by atoms with Crippen LogP contribution >= 0.6 is 0 Å². The van der Waals surface area contributed by atoms with Crippen LogP contribution in [0.15, 0.2) is 53.4 Å². The number of ether oxygens (including phenoxy) is 1. The Balaban J connectivity index is 1.79.